The monoisotopic (exact) mass is 444 g/mol. The Kier molecular flexibility index (Phi) is 4.43. The van der Waals surface area contributed by atoms with Crippen molar-refractivity contribution in [1.82, 2.24) is 14.3 Å². The summed E-state index contributed by atoms with van der Waals surface area (Å²) in [5.74, 6) is 0.120. The first kappa shape index (κ1) is 19.5. The van der Waals surface area contributed by atoms with Crippen molar-refractivity contribution in [3.05, 3.63) is 59.0 Å². The first-order chi connectivity index (χ1) is 14.3. The average Bonchev–Trinajstić information content (AvgIpc) is 3.38. The number of carbonyl (C=O) groups is 1. The van der Waals surface area contributed by atoms with Gasteiger partial charge in [0, 0.05) is 40.9 Å². The molecule has 30 heavy (non-hydrogen) atoms. The number of amides is 1. The number of anilines is 1. The summed E-state index contributed by atoms with van der Waals surface area (Å²) >= 11 is 6.18. The maximum absolute atomic E-state index is 13.3. The zero-order valence-corrected chi connectivity index (χ0v) is 18.0. The van der Waals surface area contributed by atoms with Gasteiger partial charge in [-0.1, -0.05) is 11.6 Å². The summed E-state index contributed by atoms with van der Waals surface area (Å²) in [6, 6.07) is 9.58. The van der Waals surface area contributed by atoms with Crippen LogP contribution in [0, 0.1) is 0 Å². The van der Waals surface area contributed by atoms with Crippen molar-refractivity contribution in [2.45, 2.75) is 31.3 Å². The molecule has 2 aromatic heterocycles. The summed E-state index contributed by atoms with van der Waals surface area (Å²) in [5.41, 5.74) is 3.42. The minimum absolute atomic E-state index is 0.120. The molecule has 7 nitrogen and oxygen atoms in total. The molecule has 1 amide bonds. The van der Waals surface area contributed by atoms with Crippen LogP contribution in [0.2, 0.25) is 5.02 Å². The number of aromatic nitrogens is 2. The number of halogens is 1. The molecule has 0 atom stereocenters. The molecule has 1 aromatic carbocycles. The van der Waals surface area contributed by atoms with Crippen molar-refractivity contribution in [2.24, 2.45) is 0 Å². The van der Waals surface area contributed by atoms with Gasteiger partial charge in [-0.15, -0.1) is 0 Å². The van der Waals surface area contributed by atoms with Gasteiger partial charge in [0.15, 0.2) is 0 Å². The number of hydrogen-bond acceptors (Lipinski definition) is 4. The number of nitrogens with one attached hydrogen (secondary N) is 1. The maximum Gasteiger partial charge on any atom is 0.238 e. The number of fused-ring (bicyclic) bond motifs is 3. The van der Waals surface area contributed by atoms with Crippen molar-refractivity contribution < 1.29 is 13.2 Å². The summed E-state index contributed by atoms with van der Waals surface area (Å²) in [6.07, 6.45) is 6.39. The van der Waals surface area contributed by atoms with Gasteiger partial charge in [-0.25, -0.2) is 13.1 Å². The third-order valence-electron chi connectivity index (χ3n) is 5.98. The largest absolute Gasteiger partial charge is 0.342 e. The van der Waals surface area contributed by atoms with Crippen molar-refractivity contribution in [3.8, 4) is 0 Å². The van der Waals surface area contributed by atoms with Crippen molar-refractivity contribution in [2.75, 3.05) is 17.7 Å². The van der Waals surface area contributed by atoms with E-state index in [1.807, 2.05) is 39.8 Å². The van der Waals surface area contributed by atoms with E-state index in [2.05, 4.69) is 9.71 Å². The Morgan fingerprint density at radius 2 is 2.03 bits per heavy atom. The molecule has 1 fully saturated rings. The molecule has 0 radical (unpaired) electrons. The molecule has 1 saturated carbocycles. The lowest BCUT2D eigenvalue weighted by Gasteiger charge is -2.20. The second-order valence-corrected chi connectivity index (χ2v) is 10.3. The molecule has 0 saturated heterocycles. The fourth-order valence-corrected chi connectivity index (χ4v) is 5.10. The lowest BCUT2D eigenvalue weighted by molar-refractivity contribution is -0.120. The zero-order chi connectivity index (χ0) is 21.1. The second kappa shape index (κ2) is 6.80. The maximum atomic E-state index is 13.3. The number of carbonyl (C=O) groups excluding carboxylic acids is 1. The first-order valence-electron chi connectivity index (χ1n) is 9.77. The quantitative estimate of drug-likeness (QED) is 0.633. The molecule has 9 heteroatoms. The lowest BCUT2D eigenvalue weighted by atomic mass is 9.99. The average molecular weight is 445 g/mol. The Morgan fingerprint density at radius 1 is 1.23 bits per heavy atom. The Bertz CT molecular complexity index is 1280. The van der Waals surface area contributed by atoms with E-state index in [1.165, 1.54) is 0 Å². The van der Waals surface area contributed by atoms with E-state index in [0.717, 1.165) is 46.9 Å². The minimum Gasteiger partial charge on any atom is -0.342 e. The second-order valence-electron chi connectivity index (χ2n) is 8.02. The van der Waals surface area contributed by atoms with E-state index < -0.39 is 10.0 Å². The molecule has 0 unspecified atom stereocenters. The lowest BCUT2D eigenvalue weighted by Crippen LogP contribution is -2.33. The van der Waals surface area contributed by atoms with Crippen LogP contribution in [0.25, 0.3) is 10.9 Å². The molecule has 156 valence electrons. The van der Waals surface area contributed by atoms with Crippen LogP contribution in [0.1, 0.15) is 24.1 Å². The highest BCUT2D eigenvalue weighted by Gasteiger charge is 2.59. The standard InChI is InChI=1S/C21H21ClN4O3S/c1-30(28,29)24-8-9-25-16(11-14-10-15(22)2-3-18(14)25)13-26-19-12-23-7-4-17(19)21(5-6-21)20(26)27/h2-4,7,10-12,24H,5-6,8-9,13H2,1H3. The molecular weight excluding hydrogens is 424 g/mol. The SMILES string of the molecule is CS(=O)(=O)NCCn1c(CN2C(=O)C3(CC3)c3ccncc32)cc2cc(Cl)ccc21. The van der Waals surface area contributed by atoms with Crippen LogP contribution >= 0.6 is 11.6 Å². The number of hydrogen-bond donors (Lipinski definition) is 1. The van der Waals surface area contributed by atoms with E-state index >= 15 is 0 Å². The van der Waals surface area contributed by atoms with Crippen molar-refractivity contribution in [3.63, 3.8) is 0 Å². The summed E-state index contributed by atoms with van der Waals surface area (Å²) in [5, 5.41) is 1.58. The van der Waals surface area contributed by atoms with Crippen molar-refractivity contribution in [1.29, 1.82) is 0 Å². The van der Waals surface area contributed by atoms with Crippen LogP contribution in [0.15, 0.2) is 42.7 Å². The fourth-order valence-electron chi connectivity index (χ4n) is 4.45. The zero-order valence-electron chi connectivity index (χ0n) is 16.4. The number of benzene rings is 1. The van der Waals surface area contributed by atoms with Crippen LogP contribution in [-0.4, -0.2) is 36.7 Å². The number of pyridine rings is 1. The van der Waals surface area contributed by atoms with Gasteiger partial charge < -0.3 is 9.47 Å². The van der Waals surface area contributed by atoms with Crippen LogP contribution in [0.5, 0.6) is 0 Å². The predicted molar refractivity (Wildman–Crippen MR) is 116 cm³/mol. The van der Waals surface area contributed by atoms with Gasteiger partial charge in [-0.3, -0.25) is 9.78 Å². The molecular formula is C21H21ClN4O3S. The molecule has 1 aliphatic carbocycles. The molecule has 1 aliphatic heterocycles. The Labute approximate surface area is 179 Å². The number of nitrogens with zero attached hydrogens (tertiary/aromatic N) is 3. The van der Waals surface area contributed by atoms with E-state index in [4.69, 9.17) is 11.6 Å². The molecule has 1 spiro atoms. The van der Waals surface area contributed by atoms with Gasteiger partial charge in [0.2, 0.25) is 15.9 Å². The van der Waals surface area contributed by atoms with Crippen LogP contribution < -0.4 is 9.62 Å². The van der Waals surface area contributed by atoms with Gasteiger partial charge in [0.05, 0.1) is 30.1 Å². The minimum atomic E-state index is -3.29. The fraction of sp³-hybridized carbons (Fsp3) is 0.333. The topological polar surface area (TPSA) is 84.3 Å². The van der Waals surface area contributed by atoms with E-state index in [9.17, 15) is 13.2 Å². The van der Waals surface area contributed by atoms with E-state index in [1.54, 1.807) is 12.4 Å². The van der Waals surface area contributed by atoms with Crippen LogP contribution in [0.4, 0.5) is 5.69 Å². The summed E-state index contributed by atoms with van der Waals surface area (Å²) in [7, 11) is -3.29. The Balaban J connectivity index is 1.52. The molecule has 5 rings (SSSR count). The highest BCUT2D eigenvalue weighted by molar-refractivity contribution is 7.88. The third kappa shape index (κ3) is 3.19. The highest BCUT2D eigenvalue weighted by Crippen LogP contribution is 2.57. The molecule has 0 bridgehead atoms. The van der Waals surface area contributed by atoms with Gasteiger partial charge in [-0.05, 0) is 48.7 Å². The molecule has 3 aromatic rings. The third-order valence-corrected chi connectivity index (χ3v) is 6.94. The van der Waals surface area contributed by atoms with Gasteiger partial charge in [0.1, 0.15) is 0 Å². The summed E-state index contributed by atoms with van der Waals surface area (Å²) < 4.78 is 27.6. The summed E-state index contributed by atoms with van der Waals surface area (Å²) in [4.78, 5) is 19.3. The molecule has 2 aliphatic rings. The van der Waals surface area contributed by atoms with Gasteiger partial charge >= 0.3 is 0 Å². The van der Waals surface area contributed by atoms with Gasteiger partial charge in [0.25, 0.3) is 0 Å². The Hall–Kier alpha value is -2.42. The van der Waals surface area contributed by atoms with E-state index in [-0.39, 0.29) is 17.9 Å². The highest BCUT2D eigenvalue weighted by atomic mass is 35.5. The summed E-state index contributed by atoms with van der Waals surface area (Å²) in [6.45, 7) is 1.10. The smallest absolute Gasteiger partial charge is 0.238 e. The van der Waals surface area contributed by atoms with Crippen molar-refractivity contribution >= 4 is 44.1 Å². The predicted octanol–water partition coefficient (Wildman–Crippen LogP) is 2.82. The van der Waals surface area contributed by atoms with E-state index in [0.29, 0.717) is 18.1 Å². The molecule has 3 heterocycles. The first-order valence-corrected chi connectivity index (χ1v) is 12.0. The number of sulfonamides is 1. The van der Waals surface area contributed by atoms with Crippen LogP contribution in [0.3, 0.4) is 0 Å². The normalized spacial score (nSPS) is 17.1. The van der Waals surface area contributed by atoms with Crippen LogP contribution in [-0.2, 0) is 33.3 Å². The van der Waals surface area contributed by atoms with Gasteiger partial charge in [-0.2, -0.15) is 0 Å². The molecule has 1 N–H and O–H groups in total. The number of rotatable bonds is 6. The Morgan fingerprint density at radius 3 is 2.77 bits per heavy atom.